The number of hydrogen-bond acceptors (Lipinski definition) is 4. The Morgan fingerprint density at radius 1 is 1.07 bits per heavy atom. The third-order valence-corrected chi connectivity index (χ3v) is 4.90. The van der Waals surface area contributed by atoms with Gasteiger partial charge in [-0.1, -0.05) is 54.6 Å². The maximum absolute atomic E-state index is 12.9. The van der Waals surface area contributed by atoms with Crippen LogP contribution in [0.3, 0.4) is 0 Å². The zero-order chi connectivity index (χ0) is 19.9. The molecule has 0 fully saturated rings. The summed E-state index contributed by atoms with van der Waals surface area (Å²) in [5.41, 5.74) is 6.88. The molecule has 0 atom stereocenters. The maximum Gasteiger partial charge on any atom is 0.185 e. The van der Waals surface area contributed by atoms with Crippen LogP contribution in [0, 0.1) is 13.8 Å². The van der Waals surface area contributed by atoms with Crippen molar-refractivity contribution in [3.8, 4) is 11.1 Å². The molecule has 3 aromatic rings. The van der Waals surface area contributed by atoms with Gasteiger partial charge in [0.05, 0.1) is 6.61 Å². The molecular weight excluding hydrogens is 348 g/mol. The molecule has 1 heterocycles. The average molecular weight is 374 g/mol. The van der Waals surface area contributed by atoms with Crippen molar-refractivity contribution in [1.82, 2.24) is 10.3 Å². The number of benzene rings is 2. The largest absolute Gasteiger partial charge is 0.395 e. The van der Waals surface area contributed by atoms with E-state index in [1.165, 1.54) is 0 Å². The summed E-state index contributed by atoms with van der Waals surface area (Å²) < 4.78 is 0. The molecule has 3 rings (SSSR count). The van der Waals surface area contributed by atoms with Crippen molar-refractivity contribution in [3.05, 3.63) is 88.7 Å². The zero-order valence-corrected chi connectivity index (χ0v) is 16.4. The summed E-state index contributed by atoms with van der Waals surface area (Å²) in [4.78, 5) is 17.3. The number of aliphatic hydroxyl groups is 1. The normalized spacial score (nSPS) is 10.8. The number of aromatic nitrogens is 1. The molecule has 0 bridgehead atoms. The van der Waals surface area contributed by atoms with Crippen LogP contribution in [0.5, 0.6) is 0 Å². The second-order valence-electron chi connectivity index (χ2n) is 6.97. The third kappa shape index (κ3) is 4.71. The number of ketones is 1. The molecule has 0 saturated carbocycles. The Balaban J connectivity index is 1.78. The van der Waals surface area contributed by atoms with Crippen LogP contribution in [0.4, 0.5) is 0 Å². The highest BCUT2D eigenvalue weighted by atomic mass is 16.3. The summed E-state index contributed by atoms with van der Waals surface area (Å²) >= 11 is 0. The van der Waals surface area contributed by atoms with Crippen LogP contribution in [-0.2, 0) is 13.0 Å². The van der Waals surface area contributed by atoms with Gasteiger partial charge in [-0.15, -0.1) is 0 Å². The lowest BCUT2D eigenvalue weighted by atomic mass is 9.93. The summed E-state index contributed by atoms with van der Waals surface area (Å²) in [7, 11) is 0. The quantitative estimate of drug-likeness (QED) is 0.464. The van der Waals surface area contributed by atoms with Crippen molar-refractivity contribution in [2.24, 2.45) is 0 Å². The van der Waals surface area contributed by atoms with E-state index in [4.69, 9.17) is 5.11 Å². The highest BCUT2D eigenvalue weighted by molar-refractivity contribution is 5.97. The average Bonchev–Trinajstić information content (AvgIpc) is 2.70. The van der Waals surface area contributed by atoms with Gasteiger partial charge >= 0.3 is 0 Å². The molecule has 144 valence electrons. The summed E-state index contributed by atoms with van der Waals surface area (Å²) in [6.45, 7) is 5.26. The van der Waals surface area contributed by atoms with Gasteiger partial charge in [-0.2, -0.15) is 0 Å². The number of aliphatic hydroxyl groups excluding tert-OH is 1. The molecule has 0 amide bonds. The lowest BCUT2D eigenvalue weighted by Gasteiger charge is -2.12. The van der Waals surface area contributed by atoms with Gasteiger partial charge < -0.3 is 10.4 Å². The molecule has 0 unspecified atom stereocenters. The fourth-order valence-corrected chi connectivity index (χ4v) is 3.40. The third-order valence-electron chi connectivity index (χ3n) is 4.90. The SMILES string of the molecule is Cc1cc(CNCCO)cnc1C(=O)Cc1cccc(-c2ccccc2)c1C. The molecule has 4 heteroatoms. The second kappa shape index (κ2) is 9.40. The standard InChI is InChI=1S/C24H26N2O2/c1-17-13-19(15-25-11-12-27)16-26-24(17)23(28)14-21-9-6-10-22(18(21)2)20-7-4-3-5-8-20/h3-10,13,16,25,27H,11-12,14-15H2,1-2H3. The second-order valence-corrected chi connectivity index (χ2v) is 6.97. The van der Waals surface area contributed by atoms with Crippen LogP contribution in [0.1, 0.15) is 32.7 Å². The molecule has 0 aliphatic rings. The van der Waals surface area contributed by atoms with E-state index in [1.54, 1.807) is 6.20 Å². The number of nitrogens with zero attached hydrogens (tertiary/aromatic N) is 1. The number of carbonyl (C=O) groups excluding carboxylic acids is 1. The van der Waals surface area contributed by atoms with Gasteiger partial charge in [-0.3, -0.25) is 9.78 Å². The van der Waals surface area contributed by atoms with Crippen molar-refractivity contribution in [2.45, 2.75) is 26.8 Å². The summed E-state index contributed by atoms with van der Waals surface area (Å²) in [5, 5.41) is 12.0. The Morgan fingerprint density at radius 3 is 2.57 bits per heavy atom. The summed E-state index contributed by atoms with van der Waals surface area (Å²) in [5.74, 6) is 0.0284. The lowest BCUT2D eigenvalue weighted by molar-refractivity contribution is 0.0987. The lowest BCUT2D eigenvalue weighted by Crippen LogP contribution is -2.18. The number of carbonyl (C=O) groups is 1. The molecule has 2 aromatic carbocycles. The molecule has 0 aliphatic carbocycles. The molecule has 0 spiro atoms. The first-order chi connectivity index (χ1) is 13.6. The van der Waals surface area contributed by atoms with E-state index in [2.05, 4.69) is 35.4 Å². The van der Waals surface area contributed by atoms with Crippen molar-refractivity contribution in [2.75, 3.05) is 13.2 Å². The highest BCUT2D eigenvalue weighted by Gasteiger charge is 2.15. The maximum atomic E-state index is 12.9. The van der Waals surface area contributed by atoms with Gasteiger partial charge in [0, 0.05) is 25.7 Å². The van der Waals surface area contributed by atoms with Crippen LogP contribution in [0.2, 0.25) is 0 Å². The van der Waals surface area contributed by atoms with Crippen LogP contribution in [0.15, 0.2) is 60.8 Å². The van der Waals surface area contributed by atoms with Crippen molar-refractivity contribution >= 4 is 5.78 Å². The van der Waals surface area contributed by atoms with E-state index in [0.717, 1.165) is 33.4 Å². The zero-order valence-electron chi connectivity index (χ0n) is 16.4. The number of hydrogen-bond donors (Lipinski definition) is 2. The van der Waals surface area contributed by atoms with Crippen molar-refractivity contribution < 1.29 is 9.90 Å². The molecule has 0 radical (unpaired) electrons. The Kier molecular flexibility index (Phi) is 6.69. The minimum Gasteiger partial charge on any atom is -0.395 e. The van der Waals surface area contributed by atoms with E-state index in [-0.39, 0.29) is 12.4 Å². The van der Waals surface area contributed by atoms with Gasteiger partial charge in [0.2, 0.25) is 0 Å². The van der Waals surface area contributed by atoms with E-state index in [0.29, 0.717) is 25.2 Å². The van der Waals surface area contributed by atoms with Crippen molar-refractivity contribution in [1.29, 1.82) is 0 Å². The van der Waals surface area contributed by atoms with Gasteiger partial charge in [-0.05, 0) is 47.2 Å². The first-order valence-corrected chi connectivity index (χ1v) is 9.54. The summed E-state index contributed by atoms with van der Waals surface area (Å²) in [6, 6.07) is 18.3. The van der Waals surface area contributed by atoms with Crippen molar-refractivity contribution in [3.63, 3.8) is 0 Å². The summed E-state index contributed by atoms with van der Waals surface area (Å²) in [6.07, 6.45) is 2.07. The molecular formula is C24H26N2O2. The molecule has 28 heavy (non-hydrogen) atoms. The van der Waals surface area contributed by atoms with E-state index in [1.807, 2.05) is 43.3 Å². The molecule has 2 N–H and O–H groups in total. The number of pyridine rings is 1. The first-order valence-electron chi connectivity index (χ1n) is 9.54. The monoisotopic (exact) mass is 374 g/mol. The predicted molar refractivity (Wildman–Crippen MR) is 112 cm³/mol. The molecule has 4 nitrogen and oxygen atoms in total. The van der Waals surface area contributed by atoms with E-state index < -0.39 is 0 Å². The number of aryl methyl sites for hydroxylation is 1. The van der Waals surface area contributed by atoms with Crippen LogP contribution in [-0.4, -0.2) is 29.0 Å². The minimum atomic E-state index is 0.0284. The van der Waals surface area contributed by atoms with E-state index in [9.17, 15) is 4.79 Å². The van der Waals surface area contributed by atoms with Gasteiger partial charge in [0.1, 0.15) is 5.69 Å². The molecule has 1 aromatic heterocycles. The fraction of sp³-hybridized carbons (Fsp3) is 0.250. The van der Waals surface area contributed by atoms with Gasteiger partial charge in [0.25, 0.3) is 0 Å². The van der Waals surface area contributed by atoms with Crippen LogP contribution in [0.25, 0.3) is 11.1 Å². The van der Waals surface area contributed by atoms with E-state index >= 15 is 0 Å². The predicted octanol–water partition coefficient (Wildman–Crippen LogP) is 3.87. The number of Topliss-reactive ketones (excluding diaryl/α,β-unsaturated/α-hetero) is 1. The Hall–Kier alpha value is -2.82. The highest BCUT2D eigenvalue weighted by Crippen LogP contribution is 2.26. The number of rotatable bonds is 8. The van der Waals surface area contributed by atoms with Gasteiger partial charge in [-0.25, -0.2) is 0 Å². The Labute approximate surface area is 166 Å². The minimum absolute atomic E-state index is 0.0284. The number of nitrogens with one attached hydrogen (secondary N) is 1. The Bertz CT molecular complexity index is 952. The fourth-order valence-electron chi connectivity index (χ4n) is 3.40. The first kappa shape index (κ1) is 19.9. The van der Waals surface area contributed by atoms with Crippen LogP contribution >= 0.6 is 0 Å². The topological polar surface area (TPSA) is 62.2 Å². The van der Waals surface area contributed by atoms with Gasteiger partial charge in [0.15, 0.2) is 5.78 Å². The van der Waals surface area contributed by atoms with Crippen LogP contribution < -0.4 is 5.32 Å². The Morgan fingerprint density at radius 2 is 1.86 bits per heavy atom. The smallest absolute Gasteiger partial charge is 0.185 e. The molecule has 0 aliphatic heterocycles. The molecule has 0 saturated heterocycles.